The summed E-state index contributed by atoms with van der Waals surface area (Å²) in [7, 11) is -0.463. The molecule has 0 amide bonds. The van der Waals surface area contributed by atoms with Crippen LogP contribution in [0.4, 0.5) is 17.1 Å². The number of allylic oxidation sites excluding steroid dienone is 4. The molecule has 0 N–H and O–H groups in total. The Morgan fingerprint density at radius 3 is 2.07 bits per heavy atom. The molecule has 0 spiro atoms. The molecule has 0 saturated carbocycles. The number of anilines is 3. The second-order valence-corrected chi connectivity index (χ2v) is 16.0. The van der Waals surface area contributed by atoms with E-state index in [9.17, 15) is 0 Å². The molecule has 2 heteroatoms. The minimum absolute atomic E-state index is 0.0595. The Morgan fingerprint density at radius 1 is 0.591 bits per heavy atom. The summed E-state index contributed by atoms with van der Waals surface area (Å²) in [6, 6.07) is 39.6. The fourth-order valence-corrected chi connectivity index (χ4v) is 11.1. The molecule has 2 aliphatic heterocycles. The van der Waals surface area contributed by atoms with Gasteiger partial charge >= 0.3 is 0 Å². The number of fused-ring (bicyclic) bond motifs is 7. The van der Waals surface area contributed by atoms with E-state index < -0.39 is 7.53 Å². The van der Waals surface area contributed by atoms with Crippen LogP contribution in [-0.2, 0) is 10.8 Å². The molecule has 44 heavy (non-hydrogen) atoms. The third kappa shape index (κ3) is 3.42. The highest BCUT2D eigenvalue weighted by Crippen LogP contribution is 2.61. The van der Waals surface area contributed by atoms with E-state index in [0.29, 0.717) is 0 Å². The van der Waals surface area contributed by atoms with Crippen LogP contribution in [0.25, 0.3) is 37.4 Å². The summed E-state index contributed by atoms with van der Waals surface area (Å²) < 4.78 is 0. The molecule has 0 fully saturated rings. The first-order chi connectivity index (χ1) is 21.4. The highest BCUT2D eigenvalue weighted by atomic mass is 31.1. The summed E-state index contributed by atoms with van der Waals surface area (Å²) in [6.45, 7) is 9.58. The predicted molar refractivity (Wildman–Crippen MR) is 191 cm³/mol. The Bertz CT molecular complexity index is 2240. The van der Waals surface area contributed by atoms with Gasteiger partial charge in [-0.1, -0.05) is 126 Å². The van der Waals surface area contributed by atoms with E-state index in [1.54, 1.807) is 5.31 Å². The zero-order valence-corrected chi connectivity index (χ0v) is 26.8. The predicted octanol–water partition coefficient (Wildman–Crippen LogP) is 12.6. The first-order valence-electron chi connectivity index (χ1n) is 15.9. The zero-order chi connectivity index (χ0) is 29.8. The van der Waals surface area contributed by atoms with Gasteiger partial charge in [-0.05, 0) is 92.6 Å². The van der Waals surface area contributed by atoms with Crippen molar-refractivity contribution < 1.29 is 0 Å². The smallest absolute Gasteiger partial charge is 0.0543 e. The second-order valence-electron chi connectivity index (χ2n) is 13.7. The van der Waals surface area contributed by atoms with Crippen molar-refractivity contribution in [2.24, 2.45) is 0 Å². The largest absolute Gasteiger partial charge is 0.309 e. The summed E-state index contributed by atoms with van der Waals surface area (Å²) in [6.07, 6.45) is 9.24. The molecule has 1 nitrogen and oxygen atoms in total. The maximum atomic E-state index is 2.55. The molecule has 0 bridgehead atoms. The van der Waals surface area contributed by atoms with Gasteiger partial charge < -0.3 is 4.90 Å². The first kappa shape index (κ1) is 26.1. The van der Waals surface area contributed by atoms with Gasteiger partial charge in [0.2, 0.25) is 0 Å². The van der Waals surface area contributed by atoms with Crippen LogP contribution in [0.3, 0.4) is 0 Å². The van der Waals surface area contributed by atoms with E-state index in [2.05, 4.69) is 154 Å². The lowest BCUT2D eigenvalue weighted by molar-refractivity contribution is 0.597. The molecule has 5 aromatic carbocycles. The van der Waals surface area contributed by atoms with Crippen LogP contribution >= 0.6 is 7.53 Å². The number of benzene rings is 5. The number of para-hydroxylation sites is 2. The van der Waals surface area contributed by atoms with E-state index in [1.165, 1.54) is 71.5 Å². The van der Waals surface area contributed by atoms with Gasteiger partial charge in [0.05, 0.1) is 17.1 Å². The van der Waals surface area contributed by atoms with Crippen molar-refractivity contribution in [1.82, 2.24) is 0 Å². The molecule has 0 radical (unpaired) electrons. The maximum Gasteiger partial charge on any atom is 0.0543 e. The van der Waals surface area contributed by atoms with Gasteiger partial charge in [-0.15, -0.1) is 0 Å². The fraction of sp³-hybridized carbons (Fsp3) is 0.190. The minimum Gasteiger partial charge on any atom is -0.309 e. The molecule has 6 aromatic rings. The summed E-state index contributed by atoms with van der Waals surface area (Å²) in [5, 5.41) is 7.46. The fourth-order valence-electron chi connectivity index (χ4n) is 8.30. The quantitative estimate of drug-likeness (QED) is 0.195. The van der Waals surface area contributed by atoms with Gasteiger partial charge in [0.15, 0.2) is 0 Å². The van der Waals surface area contributed by atoms with E-state index in [0.717, 1.165) is 12.8 Å². The lowest BCUT2D eigenvalue weighted by Crippen LogP contribution is -2.38. The molecule has 3 heterocycles. The van der Waals surface area contributed by atoms with Crippen molar-refractivity contribution in [3.63, 3.8) is 0 Å². The first-order valence-corrected chi connectivity index (χ1v) is 17.3. The van der Waals surface area contributed by atoms with E-state index in [4.69, 9.17) is 0 Å². The Labute approximate surface area is 261 Å². The van der Waals surface area contributed by atoms with Gasteiger partial charge in [-0.2, -0.15) is 0 Å². The third-order valence-electron chi connectivity index (χ3n) is 10.6. The van der Waals surface area contributed by atoms with Crippen molar-refractivity contribution in [1.29, 1.82) is 0 Å². The van der Waals surface area contributed by atoms with Gasteiger partial charge in [-0.25, -0.2) is 0 Å². The molecule has 0 saturated heterocycles. The number of hydrogen-bond acceptors (Lipinski definition) is 1. The topological polar surface area (TPSA) is 3.24 Å². The molecule has 1 atom stereocenters. The SMILES string of the molecule is CC1(C)c2ccccc2N2c3ccc(-c4ccc5c(c4)c4ccccc4p5C4=CC=CCC4)cc3C(C)(C)c3cccc1c32. The van der Waals surface area contributed by atoms with Gasteiger partial charge in [0, 0.05) is 21.1 Å². The molecule has 1 aliphatic carbocycles. The Balaban J connectivity index is 1.25. The van der Waals surface area contributed by atoms with Gasteiger partial charge in [0.25, 0.3) is 0 Å². The number of rotatable bonds is 2. The molecule has 214 valence electrons. The highest BCUT2D eigenvalue weighted by Gasteiger charge is 2.45. The van der Waals surface area contributed by atoms with Crippen LogP contribution in [0, 0.1) is 0 Å². The lowest BCUT2D eigenvalue weighted by Gasteiger charge is -2.49. The van der Waals surface area contributed by atoms with E-state index >= 15 is 0 Å². The summed E-state index contributed by atoms with van der Waals surface area (Å²) in [4.78, 5) is 2.55. The highest BCUT2D eigenvalue weighted by molar-refractivity contribution is 7.70. The molecule has 9 rings (SSSR count). The summed E-state index contributed by atoms with van der Waals surface area (Å²) in [5.74, 6) is 0. The van der Waals surface area contributed by atoms with Gasteiger partial charge in [-0.3, -0.25) is 0 Å². The van der Waals surface area contributed by atoms with Crippen molar-refractivity contribution in [3.8, 4) is 11.1 Å². The Morgan fingerprint density at radius 2 is 1.25 bits per heavy atom. The van der Waals surface area contributed by atoms with Crippen LogP contribution < -0.4 is 4.90 Å². The Hall–Kier alpha value is -4.32. The Kier molecular flexibility index (Phi) is 5.40. The normalized spacial score (nSPS) is 17.7. The molecule has 1 aromatic heterocycles. The van der Waals surface area contributed by atoms with Crippen LogP contribution in [0.15, 0.2) is 121 Å². The van der Waals surface area contributed by atoms with Crippen molar-refractivity contribution in [3.05, 3.63) is 144 Å². The van der Waals surface area contributed by atoms with Crippen LogP contribution in [0.5, 0.6) is 0 Å². The molecule has 1 unspecified atom stereocenters. The molecule has 3 aliphatic rings. The van der Waals surface area contributed by atoms with Crippen molar-refractivity contribution >= 4 is 50.9 Å². The minimum atomic E-state index is -0.463. The maximum absolute atomic E-state index is 2.55. The van der Waals surface area contributed by atoms with E-state index in [-0.39, 0.29) is 10.8 Å². The zero-order valence-electron chi connectivity index (χ0n) is 25.9. The van der Waals surface area contributed by atoms with E-state index in [1.807, 2.05) is 0 Å². The van der Waals surface area contributed by atoms with Crippen LogP contribution in [0.2, 0.25) is 0 Å². The average molecular weight is 586 g/mol. The third-order valence-corrected chi connectivity index (χ3v) is 13.3. The average Bonchev–Trinajstić information content (AvgIpc) is 3.38. The second kappa shape index (κ2) is 9.10. The number of hydrogen-bond donors (Lipinski definition) is 0. The van der Waals surface area contributed by atoms with Gasteiger partial charge in [0.1, 0.15) is 0 Å². The summed E-state index contributed by atoms with van der Waals surface area (Å²) in [5.41, 5.74) is 12.0. The summed E-state index contributed by atoms with van der Waals surface area (Å²) >= 11 is 0. The molecular weight excluding hydrogens is 549 g/mol. The van der Waals surface area contributed by atoms with Crippen molar-refractivity contribution in [2.45, 2.75) is 51.4 Å². The van der Waals surface area contributed by atoms with Crippen LogP contribution in [0.1, 0.15) is 62.8 Å². The standard InChI is InChI=1S/C42H36NP/c1-41(2)32-16-9-10-19-36(32)43-37-23-21-28(26-35(37)42(3,4)34-18-12-17-33(41)40(34)43)27-22-24-39-31(25-27)30-15-8-11-20-38(30)44(39)29-13-6-5-7-14-29/h5-6,8-13,15-26H,7,14H2,1-4H3. The van der Waals surface area contributed by atoms with Crippen molar-refractivity contribution in [2.75, 3.05) is 4.90 Å². The van der Waals surface area contributed by atoms with Crippen LogP contribution in [-0.4, -0.2) is 0 Å². The molecular formula is C42H36NP. The monoisotopic (exact) mass is 585 g/mol. The number of nitrogens with zero attached hydrogens (tertiary/aromatic N) is 1. The lowest BCUT2D eigenvalue weighted by atomic mass is 9.66.